The van der Waals surface area contributed by atoms with E-state index in [1.165, 1.54) is 12.1 Å². The third kappa shape index (κ3) is 4.98. The zero-order valence-electron chi connectivity index (χ0n) is 10.5. The van der Waals surface area contributed by atoms with E-state index in [-0.39, 0.29) is 5.56 Å². The minimum Gasteiger partial charge on any atom is -0.481 e. The Morgan fingerprint density at radius 3 is 2.74 bits per heavy atom. The molecule has 0 radical (unpaired) electrons. The molecule has 2 N–H and O–H groups in total. The lowest BCUT2D eigenvalue weighted by Crippen LogP contribution is -2.26. The molecule has 0 aliphatic rings. The first-order valence-corrected chi connectivity index (χ1v) is 6.67. The van der Waals surface area contributed by atoms with Crippen LogP contribution in [0.1, 0.15) is 30.1 Å². The van der Waals surface area contributed by atoms with Gasteiger partial charge in [0.1, 0.15) is 5.82 Å². The van der Waals surface area contributed by atoms with Gasteiger partial charge in [-0.2, -0.15) is 0 Å². The summed E-state index contributed by atoms with van der Waals surface area (Å²) in [5.41, 5.74) is -0.0190. The fraction of sp³-hybridized carbons (Fsp3) is 0.385. The summed E-state index contributed by atoms with van der Waals surface area (Å²) in [5, 5.41) is 11.3. The average Bonchev–Trinajstić information content (AvgIpc) is 2.33. The molecular weight excluding hydrogens is 317 g/mol. The van der Waals surface area contributed by atoms with Crippen molar-refractivity contribution in [1.82, 2.24) is 5.32 Å². The summed E-state index contributed by atoms with van der Waals surface area (Å²) in [6, 6.07) is 4.21. The van der Waals surface area contributed by atoms with Crippen LogP contribution in [-0.4, -0.2) is 23.5 Å². The summed E-state index contributed by atoms with van der Waals surface area (Å²) >= 11 is 3.11. The van der Waals surface area contributed by atoms with Crippen LogP contribution in [0.5, 0.6) is 0 Å². The number of nitrogens with one attached hydrogen (secondary N) is 1. The van der Waals surface area contributed by atoms with Gasteiger partial charge in [0.15, 0.2) is 0 Å². The molecule has 0 aromatic heterocycles. The third-order valence-electron chi connectivity index (χ3n) is 2.70. The van der Waals surface area contributed by atoms with E-state index in [0.717, 1.165) is 0 Å². The van der Waals surface area contributed by atoms with Crippen molar-refractivity contribution in [3.8, 4) is 0 Å². The highest BCUT2D eigenvalue weighted by Gasteiger charge is 2.13. The van der Waals surface area contributed by atoms with Crippen molar-refractivity contribution >= 4 is 27.8 Å². The van der Waals surface area contributed by atoms with E-state index in [2.05, 4.69) is 21.2 Å². The maximum atomic E-state index is 13.5. The maximum absolute atomic E-state index is 13.5. The number of aliphatic carboxylic acids is 1. The highest BCUT2D eigenvalue weighted by molar-refractivity contribution is 9.10. The molecule has 0 spiro atoms. The fourth-order valence-corrected chi connectivity index (χ4v) is 1.84. The summed E-state index contributed by atoms with van der Waals surface area (Å²) in [6.07, 6.45) is 1.01. The van der Waals surface area contributed by atoms with Crippen LogP contribution in [-0.2, 0) is 4.79 Å². The van der Waals surface area contributed by atoms with E-state index in [0.29, 0.717) is 23.9 Å². The smallest absolute Gasteiger partial charge is 0.306 e. The molecule has 6 heteroatoms. The molecule has 0 bridgehead atoms. The molecule has 0 heterocycles. The number of rotatable bonds is 6. The number of carboxylic acids is 1. The SMILES string of the molecule is CC(CCCNC(=O)c1ccc(Br)cc1F)C(=O)O. The molecule has 4 nitrogen and oxygen atoms in total. The van der Waals surface area contributed by atoms with Crippen LogP contribution in [0.3, 0.4) is 0 Å². The van der Waals surface area contributed by atoms with Gasteiger partial charge in [0.05, 0.1) is 11.5 Å². The topological polar surface area (TPSA) is 66.4 Å². The molecule has 1 atom stereocenters. The molecule has 0 aliphatic carbocycles. The van der Waals surface area contributed by atoms with Crippen molar-refractivity contribution in [1.29, 1.82) is 0 Å². The summed E-state index contributed by atoms with van der Waals surface area (Å²) in [6.45, 7) is 1.94. The second-order valence-electron chi connectivity index (χ2n) is 4.26. The van der Waals surface area contributed by atoms with Crippen molar-refractivity contribution in [2.24, 2.45) is 5.92 Å². The lowest BCUT2D eigenvalue weighted by molar-refractivity contribution is -0.141. The molecule has 0 aliphatic heterocycles. The van der Waals surface area contributed by atoms with E-state index < -0.39 is 23.6 Å². The Labute approximate surface area is 119 Å². The van der Waals surface area contributed by atoms with Crippen molar-refractivity contribution < 1.29 is 19.1 Å². The Bertz CT molecular complexity index is 479. The number of halogens is 2. The van der Waals surface area contributed by atoms with Crippen molar-refractivity contribution in [3.63, 3.8) is 0 Å². The first kappa shape index (κ1) is 15.6. The molecule has 1 unspecified atom stereocenters. The first-order chi connectivity index (χ1) is 8.91. The molecule has 104 valence electrons. The molecule has 0 fully saturated rings. The maximum Gasteiger partial charge on any atom is 0.306 e. The Balaban J connectivity index is 2.41. The standard InChI is InChI=1S/C13H15BrFNO3/c1-8(13(18)19)3-2-6-16-12(17)10-5-4-9(14)7-11(10)15/h4-5,7-8H,2-3,6H2,1H3,(H,16,17)(H,18,19). The van der Waals surface area contributed by atoms with E-state index in [1.807, 2.05) is 0 Å². The molecule has 0 saturated heterocycles. The second kappa shape index (κ2) is 7.23. The van der Waals surface area contributed by atoms with Crippen LogP contribution in [0.15, 0.2) is 22.7 Å². The van der Waals surface area contributed by atoms with Crippen LogP contribution < -0.4 is 5.32 Å². The lowest BCUT2D eigenvalue weighted by Gasteiger charge is -2.08. The van der Waals surface area contributed by atoms with Crippen LogP contribution in [0.2, 0.25) is 0 Å². The summed E-state index contributed by atoms with van der Waals surface area (Å²) < 4.78 is 14.0. The van der Waals surface area contributed by atoms with Gasteiger partial charge in [-0.3, -0.25) is 9.59 Å². The van der Waals surface area contributed by atoms with Gasteiger partial charge < -0.3 is 10.4 Å². The molecule has 19 heavy (non-hydrogen) atoms. The Hall–Kier alpha value is -1.43. The predicted molar refractivity (Wildman–Crippen MR) is 72.5 cm³/mol. The number of hydrogen-bond acceptors (Lipinski definition) is 2. The predicted octanol–water partition coefficient (Wildman–Crippen LogP) is 2.82. The van der Waals surface area contributed by atoms with Gasteiger partial charge in [-0.05, 0) is 31.0 Å². The summed E-state index contributed by atoms with van der Waals surface area (Å²) in [7, 11) is 0. The highest BCUT2D eigenvalue weighted by atomic mass is 79.9. The average molecular weight is 332 g/mol. The molecule has 1 amide bonds. The van der Waals surface area contributed by atoms with Gasteiger partial charge in [0.25, 0.3) is 5.91 Å². The number of carbonyl (C=O) groups is 2. The van der Waals surface area contributed by atoms with Gasteiger partial charge in [0.2, 0.25) is 0 Å². The first-order valence-electron chi connectivity index (χ1n) is 5.88. The van der Waals surface area contributed by atoms with E-state index in [1.54, 1.807) is 13.0 Å². The minimum absolute atomic E-state index is 0.0190. The van der Waals surface area contributed by atoms with E-state index >= 15 is 0 Å². The van der Waals surface area contributed by atoms with Gasteiger partial charge in [-0.1, -0.05) is 22.9 Å². The number of benzene rings is 1. The fourth-order valence-electron chi connectivity index (χ4n) is 1.50. The largest absolute Gasteiger partial charge is 0.481 e. The normalized spacial score (nSPS) is 11.9. The Morgan fingerprint density at radius 2 is 2.16 bits per heavy atom. The van der Waals surface area contributed by atoms with E-state index in [4.69, 9.17) is 5.11 Å². The van der Waals surface area contributed by atoms with Crippen molar-refractivity contribution in [3.05, 3.63) is 34.1 Å². The lowest BCUT2D eigenvalue weighted by atomic mass is 10.1. The summed E-state index contributed by atoms with van der Waals surface area (Å²) in [4.78, 5) is 22.3. The van der Waals surface area contributed by atoms with Crippen LogP contribution >= 0.6 is 15.9 Å². The molecule has 1 aromatic rings. The summed E-state index contributed by atoms with van der Waals surface area (Å²) in [5.74, 6) is -2.38. The molecular formula is C13H15BrFNO3. The van der Waals surface area contributed by atoms with Gasteiger partial charge in [-0.25, -0.2) is 4.39 Å². The number of carboxylic acid groups (broad SMARTS) is 1. The molecule has 0 saturated carbocycles. The quantitative estimate of drug-likeness (QED) is 0.787. The van der Waals surface area contributed by atoms with Gasteiger partial charge >= 0.3 is 5.97 Å². The van der Waals surface area contributed by atoms with E-state index in [9.17, 15) is 14.0 Å². The highest BCUT2D eigenvalue weighted by Crippen LogP contribution is 2.15. The minimum atomic E-state index is -0.856. The molecule has 1 rings (SSSR count). The number of hydrogen-bond donors (Lipinski definition) is 2. The van der Waals surface area contributed by atoms with Gasteiger partial charge in [0, 0.05) is 11.0 Å². The number of amides is 1. The Kier molecular flexibility index (Phi) is 5.95. The zero-order chi connectivity index (χ0) is 14.4. The van der Waals surface area contributed by atoms with Gasteiger partial charge in [-0.15, -0.1) is 0 Å². The third-order valence-corrected chi connectivity index (χ3v) is 3.19. The monoisotopic (exact) mass is 331 g/mol. The second-order valence-corrected chi connectivity index (χ2v) is 5.18. The van der Waals surface area contributed by atoms with Crippen molar-refractivity contribution in [2.75, 3.05) is 6.54 Å². The van der Waals surface area contributed by atoms with Crippen LogP contribution in [0.4, 0.5) is 4.39 Å². The Morgan fingerprint density at radius 1 is 1.47 bits per heavy atom. The van der Waals surface area contributed by atoms with Crippen LogP contribution in [0, 0.1) is 11.7 Å². The van der Waals surface area contributed by atoms with Crippen molar-refractivity contribution in [2.45, 2.75) is 19.8 Å². The zero-order valence-corrected chi connectivity index (χ0v) is 12.0. The van der Waals surface area contributed by atoms with Crippen LogP contribution in [0.25, 0.3) is 0 Å². The molecule has 1 aromatic carbocycles. The number of carbonyl (C=O) groups excluding carboxylic acids is 1.